The number of aromatic nitrogens is 2. The number of nitrogens with one attached hydrogen (secondary N) is 1. The van der Waals surface area contributed by atoms with Crippen molar-refractivity contribution in [2.24, 2.45) is 0 Å². The monoisotopic (exact) mass is 275 g/mol. The fraction of sp³-hybridized carbons (Fsp3) is 0.467. The van der Waals surface area contributed by atoms with Crippen LogP contribution in [-0.2, 0) is 0 Å². The predicted octanol–water partition coefficient (Wildman–Crippen LogP) is 4.04. The third kappa shape index (κ3) is 3.61. The average molecular weight is 275 g/mol. The second-order valence-electron chi connectivity index (χ2n) is 4.77. The molecule has 2 unspecified atom stereocenters. The lowest BCUT2D eigenvalue weighted by Gasteiger charge is -2.22. The highest BCUT2D eigenvalue weighted by Gasteiger charge is 2.17. The first-order valence-corrected chi connectivity index (χ1v) is 7.67. The van der Waals surface area contributed by atoms with Crippen LogP contribution in [0.5, 0.6) is 0 Å². The Morgan fingerprint density at radius 1 is 1.32 bits per heavy atom. The maximum Gasteiger partial charge on any atom is 0.0782 e. The number of aryl methyl sites for hydroxylation is 1. The van der Waals surface area contributed by atoms with Crippen LogP contribution in [0.2, 0.25) is 0 Å². The molecule has 2 aromatic rings. The Labute approximate surface area is 119 Å². The summed E-state index contributed by atoms with van der Waals surface area (Å²) in [4.78, 5) is 10.2. The summed E-state index contributed by atoms with van der Waals surface area (Å²) < 4.78 is 0. The number of nitrogens with zero attached hydrogens (tertiary/aromatic N) is 2. The van der Waals surface area contributed by atoms with Crippen LogP contribution in [-0.4, -0.2) is 9.97 Å². The summed E-state index contributed by atoms with van der Waals surface area (Å²) in [6.45, 7) is 6.40. The molecule has 3 nitrogen and oxygen atoms in total. The molecule has 0 spiro atoms. The van der Waals surface area contributed by atoms with Crippen molar-refractivity contribution in [2.45, 2.75) is 45.7 Å². The van der Waals surface area contributed by atoms with E-state index in [4.69, 9.17) is 0 Å². The molecule has 0 aromatic carbocycles. The Balaban J connectivity index is 2.11. The average Bonchev–Trinajstić information content (AvgIpc) is 2.92. The van der Waals surface area contributed by atoms with Crippen LogP contribution < -0.4 is 5.32 Å². The first-order chi connectivity index (χ1) is 9.22. The smallest absolute Gasteiger partial charge is 0.0782 e. The molecule has 0 saturated carbocycles. The summed E-state index contributed by atoms with van der Waals surface area (Å²) >= 11 is 1.81. The minimum absolute atomic E-state index is 0.215. The molecule has 0 fully saturated rings. The van der Waals surface area contributed by atoms with Gasteiger partial charge in [0.25, 0.3) is 0 Å². The number of hydrogen-bond donors (Lipinski definition) is 1. The van der Waals surface area contributed by atoms with Crippen molar-refractivity contribution in [1.29, 1.82) is 0 Å². The van der Waals surface area contributed by atoms with Gasteiger partial charge in [0, 0.05) is 29.4 Å². The zero-order valence-corrected chi connectivity index (χ0v) is 12.6. The molecule has 0 aliphatic heterocycles. The molecule has 4 heteroatoms. The maximum atomic E-state index is 4.45. The minimum atomic E-state index is 0.215. The molecule has 2 aromatic heterocycles. The highest BCUT2D eigenvalue weighted by molar-refractivity contribution is 7.10. The number of hydrogen-bond acceptors (Lipinski definition) is 4. The molecule has 0 amide bonds. The summed E-state index contributed by atoms with van der Waals surface area (Å²) in [6, 6.07) is 4.94. The topological polar surface area (TPSA) is 37.8 Å². The van der Waals surface area contributed by atoms with Crippen molar-refractivity contribution in [3.05, 3.63) is 46.2 Å². The number of thiophene rings is 1. The van der Waals surface area contributed by atoms with Gasteiger partial charge < -0.3 is 5.32 Å². The third-order valence-corrected chi connectivity index (χ3v) is 4.23. The van der Waals surface area contributed by atoms with E-state index in [0.29, 0.717) is 6.04 Å². The van der Waals surface area contributed by atoms with Crippen LogP contribution in [0, 0.1) is 6.92 Å². The second kappa shape index (κ2) is 6.78. The lowest BCUT2D eigenvalue weighted by atomic mass is 10.1. The van der Waals surface area contributed by atoms with Crippen molar-refractivity contribution < 1.29 is 0 Å². The van der Waals surface area contributed by atoms with E-state index in [1.807, 2.05) is 18.3 Å². The van der Waals surface area contributed by atoms with Crippen molar-refractivity contribution in [3.63, 3.8) is 0 Å². The van der Waals surface area contributed by atoms with E-state index in [0.717, 1.165) is 17.8 Å². The quantitative estimate of drug-likeness (QED) is 0.864. The van der Waals surface area contributed by atoms with Crippen LogP contribution in [0.3, 0.4) is 0 Å². The summed E-state index contributed by atoms with van der Waals surface area (Å²) in [6.07, 6.45) is 5.82. The van der Waals surface area contributed by atoms with E-state index in [-0.39, 0.29) is 6.04 Å². The molecule has 102 valence electrons. The fourth-order valence-electron chi connectivity index (χ4n) is 2.31. The summed E-state index contributed by atoms with van der Waals surface area (Å²) in [5.41, 5.74) is 2.05. The van der Waals surface area contributed by atoms with Crippen LogP contribution in [0.15, 0.2) is 29.9 Å². The summed E-state index contributed by atoms with van der Waals surface area (Å²) in [5.74, 6) is 0. The highest BCUT2D eigenvalue weighted by Crippen LogP contribution is 2.26. The van der Waals surface area contributed by atoms with Gasteiger partial charge in [0.2, 0.25) is 0 Å². The van der Waals surface area contributed by atoms with Gasteiger partial charge in [-0.3, -0.25) is 9.97 Å². The lowest BCUT2D eigenvalue weighted by molar-refractivity contribution is 0.437. The summed E-state index contributed by atoms with van der Waals surface area (Å²) in [5, 5.41) is 5.82. The van der Waals surface area contributed by atoms with Crippen molar-refractivity contribution in [3.8, 4) is 0 Å². The molecule has 0 bridgehead atoms. The van der Waals surface area contributed by atoms with Gasteiger partial charge in [0.1, 0.15) is 0 Å². The van der Waals surface area contributed by atoms with Crippen LogP contribution in [0.25, 0.3) is 0 Å². The Morgan fingerprint density at radius 3 is 2.74 bits per heavy atom. The molecule has 0 saturated heterocycles. The van der Waals surface area contributed by atoms with E-state index in [1.165, 1.54) is 11.3 Å². The predicted molar refractivity (Wildman–Crippen MR) is 80.3 cm³/mol. The molecule has 2 heterocycles. The highest BCUT2D eigenvalue weighted by atomic mass is 32.1. The van der Waals surface area contributed by atoms with Crippen LogP contribution >= 0.6 is 11.3 Å². The second-order valence-corrected chi connectivity index (χ2v) is 5.75. The normalized spacial score (nSPS) is 14.3. The molecule has 0 radical (unpaired) electrons. The van der Waals surface area contributed by atoms with Gasteiger partial charge in [0.15, 0.2) is 0 Å². The van der Waals surface area contributed by atoms with Crippen LogP contribution in [0.1, 0.15) is 55.0 Å². The van der Waals surface area contributed by atoms with Crippen molar-refractivity contribution >= 4 is 11.3 Å². The molecule has 0 aliphatic carbocycles. The van der Waals surface area contributed by atoms with Gasteiger partial charge in [-0.2, -0.15) is 0 Å². The minimum Gasteiger partial charge on any atom is -0.301 e. The SMILES string of the molecule is CCCC(NC(C)c1nccnc1C)c1cccs1. The largest absolute Gasteiger partial charge is 0.301 e. The molecule has 2 atom stereocenters. The zero-order chi connectivity index (χ0) is 13.7. The van der Waals surface area contributed by atoms with Gasteiger partial charge in [-0.25, -0.2) is 0 Å². The summed E-state index contributed by atoms with van der Waals surface area (Å²) in [7, 11) is 0. The Kier molecular flexibility index (Phi) is 5.05. The molecular formula is C15H21N3S. The molecule has 2 rings (SSSR count). The van der Waals surface area contributed by atoms with Gasteiger partial charge >= 0.3 is 0 Å². The molecule has 19 heavy (non-hydrogen) atoms. The third-order valence-electron chi connectivity index (χ3n) is 3.24. The van der Waals surface area contributed by atoms with Crippen LogP contribution in [0.4, 0.5) is 0 Å². The van der Waals surface area contributed by atoms with Crippen molar-refractivity contribution in [2.75, 3.05) is 0 Å². The van der Waals surface area contributed by atoms with Gasteiger partial charge in [0.05, 0.1) is 11.4 Å². The van der Waals surface area contributed by atoms with Gasteiger partial charge in [-0.05, 0) is 31.7 Å². The standard InChI is InChI=1S/C15H21N3S/c1-4-6-13(14-7-5-10-19-14)18-12(3)15-11(2)16-8-9-17-15/h5,7-10,12-13,18H,4,6H2,1-3H3. The molecule has 1 N–H and O–H groups in total. The van der Waals surface area contributed by atoms with E-state index >= 15 is 0 Å². The molecular weight excluding hydrogens is 254 g/mol. The Hall–Kier alpha value is -1.26. The van der Waals surface area contributed by atoms with Crippen molar-refractivity contribution in [1.82, 2.24) is 15.3 Å². The van der Waals surface area contributed by atoms with E-state index in [1.54, 1.807) is 12.4 Å². The van der Waals surface area contributed by atoms with Gasteiger partial charge in [-0.1, -0.05) is 19.4 Å². The Morgan fingerprint density at radius 2 is 2.11 bits per heavy atom. The molecule has 0 aliphatic rings. The first-order valence-electron chi connectivity index (χ1n) is 6.79. The fourth-order valence-corrected chi connectivity index (χ4v) is 3.13. The zero-order valence-electron chi connectivity index (χ0n) is 11.8. The number of rotatable bonds is 6. The first kappa shape index (κ1) is 14.2. The Bertz CT molecular complexity index is 496. The van der Waals surface area contributed by atoms with E-state index in [9.17, 15) is 0 Å². The van der Waals surface area contributed by atoms with Gasteiger partial charge in [-0.15, -0.1) is 11.3 Å². The lowest BCUT2D eigenvalue weighted by Crippen LogP contribution is -2.25. The maximum absolute atomic E-state index is 4.45. The van der Waals surface area contributed by atoms with E-state index in [2.05, 4.69) is 46.6 Å². The van der Waals surface area contributed by atoms with E-state index < -0.39 is 0 Å².